The van der Waals surface area contributed by atoms with Gasteiger partial charge in [-0.2, -0.15) is 0 Å². The van der Waals surface area contributed by atoms with Gasteiger partial charge in [0, 0.05) is 0 Å². The fraction of sp³-hybridized carbons (Fsp3) is 1.00. The summed E-state index contributed by atoms with van der Waals surface area (Å²) in [6.07, 6.45) is 5.21. The zero-order chi connectivity index (χ0) is 7.11. The molecule has 0 aliphatic rings. The first-order valence-corrected chi connectivity index (χ1v) is 4.05. The molecule has 0 aliphatic heterocycles. The minimum Gasteiger partial charge on any atom is -1.00 e. The summed E-state index contributed by atoms with van der Waals surface area (Å²) >= 11 is 0. The van der Waals surface area contributed by atoms with E-state index in [2.05, 4.69) is 13.8 Å². The maximum Gasteiger partial charge on any atom is 1.00 e. The zero-order valence-corrected chi connectivity index (χ0v) is 9.69. The van der Waals surface area contributed by atoms with Gasteiger partial charge in [0.25, 0.3) is 0 Å². The minimum absolute atomic E-state index is 0. The summed E-state index contributed by atoms with van der Waals surface area (Å²) in [6.45, 7) is 5.31. The normalized spacial score (nSPS) is 12.3. The maximum atomic E-state index is 5.52. The fourth-order valence-corrected chi connectivity index (χ4v) is 0.981. The monoisotopic (exact) mass is 153 g/mol. The van der Waals surface area contributed by atoms with Gasteiger partial charge in [0.05, 0.1) is 0 Å². The Bertz CT molecular complexity index is 58.1. The van der Waals surface area contributed by atoms with Crippen LogP contribution in [0.15, 0.2) is 0 Å². The van der Waals surface area contributed by atoms with Crippen LogP contribution < -0.4 is 35.3 Å². The number of hydrogen-bond donors (Lipinski definition) is 1. The van der Waals surface area contributed by atoms with Gasteiger partial charge in [-0.15, -0.1) is 0 Å². The Morgan fingerprint density at radius 3 is 2.30 bits per heavy atom. The molecule has 0 saturated heterocycles. The molecule has 0 aliphatic carbocycles. The van der Waals surface area contributed by atoms with Gasteiger partial charge in [-0.25, -0.2) is 0 Å². The number of hydrogen-bond acceptors (Lipinski definition) is 1. The molecule has 0 rings (SSSR count). The summed E-state index contributed by atoms with van der Waals surface area (Å²) in [4.78, 5) is 0. The molecular formula is C8H20NNa. The summed E-state index contributed by atoms with van der Waals surface area (Å²) in [7, 11) is 0. The second-order valence-corrected chi connectivity index (χ2v) is 2.65. The topological polar surface area (TPSA) is 26.0 Å². The Kier molecular flexibility index (Phi) is 13.5. The predicted molar refractivity (Wildman–Crippen MR) is 43.5 cm³/mol. The van der Waals surface area contributed by atoms with Gasteiger partial charge in [0.15, 0.2) is 0 Å². The summed E-state index contributed by atoms with van der Waals surface area (Å²) in [5.74, 6) is 0.782. The van der Waals surface area contributed by atoms with E-state index in [1.807, 2.05) is 0 Å². The van der Waals surface area contributed by atoms with Gasteiger partial charge in [-0.05, 0) is 18.9 Å². The molecule has 0 aromatic carbocycles. The number of rotatable bonds is 5. The van der Waals surface area contributed by atoms with Crippen molar-refractivity contribution in [1.82, 2.24) is 0 Å². The third kappa shape index (κ3) is 7.07. The summed E-state index contributed by atoms with van der Waals surface area (Å²) in [5.41, 5.74) is 5.52. The molecule has 0 aromatic rings. The Balaban J connectivity index is -0.000000320. The summed E-state index contributed by atoms with van der Waals surface area (Å²) in [6, 6.07) is 0. The Morgan fingerprint density at radius 1 is 1.40 bits per heavy atom. The zero-order valence-electron chi connectivity index (χ0n) is 8.69. The molecule has 0 spiro atoms. The van der Waals surface area contributed by atoms with Crippen molar-refractivity contribution in [2.45, 2.75) is 39.5 Å². The first-order valence-electron chi connectivity index (χ1n) is 4.05. The summed E-state index contributed by atoms with van der Waals surface area (Å²) < 4.78 is 0. The number of nitrogens with two attached hydrogens (primary N) is 1. The van der Waals surface area contributed by atoms with Crippen LogP contribution in [0.25, 0.3) is 0 Å². The molecule has 0 saturated carbocycles. The molecule has 10 heavy (non-hydrogen) atoms. The molecule has 0 amide bonds. The van der Waals surface area contributed by atoms with E-state index in [4.69, 9.17) is 5.73 Å². The third-order valence-corrected chi connectivity index (χ3v) is 1.88. The molecular weight excluding hydrogens is 133 g/mol. The van der Waals surface area contributed by atoms with E-state index in [0.717, 1.165) is 12.5 Å². The molecule has 58 valence electrons. The van der Waals surface area contributed by atoms with E-state index in [0.29, 0.717) is 0 Å². The average molecular weight is 153 g/mol. The van der Waals surface area contributed by atoms with Gasteiger partial charge in [-0.1, -0.05) is 33.1 Å². The van der Waals surface area contributed by atoms with Gasteiger partial charge in [-0.3, -0.25) is 0 Å². The van der Waals surface area contributed by atoms with Crippen LogP contribution in [0, 0.1) is 5.92 Å². The third-order valence-electron chi connectivity index (χ3n) is 1.88. The van der Waals surface area contributed by atoms with Crippen LogP contribution in [-0.2, 0) is 0 Å². The molecule has 0 fully saturated rings. The van der Waals surface area contributed by atoms with Crippen LogP contribution in [0.4, 0.5) is 0 Å². The van der Waals surface area contributed by atoms with Crippen molar-refractivity contribution in [2.24, 2.45) is 11.7 Å². The van der Waals surface area contributed by atoms with Gasteiger partial charge in [0.2, 0.25) is 0 Å². The van der Waals surface area contributed by atoms with Gasteiger partial charge >= 0.3 is 29.6 Å². The second kappa shape index (κ2) is 9.96. The molecule has 1 unspecified atom stereocenters. The van der Waals surface area contributed by atoms with Crippen molar-refractivity contribution in [3.8, 4) is 0 Å². The average Bonchev–Trinajstić information content (AvgIpc) is 1.91. The molecule has 0 radical (unpaired) electrons. The molecule has 2 heteroatoms. The van der Waals surface area contributed by atoms with E-state index in [1.54, 1.807) is 0 Å². The fourth-order valence-electron chi connectivity index (χ4n) is 0.981. The van der Waals surface area contributed by atoms with Crippen LogP contribution in [0.5, 0.6) is 0 Å². The van der Waals surface area contributed by atoms with E-state index in [1.165, 1.54) is 25.7 Å². The predicted octanol–water partition coefficient (Wildman–Crippen LogP) is -0.722. The first-order chi connectivity index (χ1) is 4.35. The maximum absolute atomic E-state index is 5.52. The van der Waals surface area contributed by atoms with E-state index < -0.39 is 0 Å². The van der Waals surface area contributed by atoms with Crippen LogP contribution >= 0.6 is 0 Å². The largest absolute Gasteiger partial charge is 1.00 e. The Hall–Kier alpha value is 0.960. The SMILES string of the molecule is CCCCC(CC)CN.[H-].[Na+]. The van der Waals surface area contributed by atoms with Crippen molar-refractivity contribution in [3.63, 3.8) is 0 Å². The van der Waals surface area contributed by atoms with Crippen molar-refractivity contribution >= 4 is 0 Å². The van der Waals surface area contributed by atoms with Crippen molar-refractivity contribution in [1.29, 1.82) is 0 Å². The first kappa shape index (κ1) is 13.5. The number of unbranched alkanes of at least 4 members (excludes halogenated alkanes) is 1. The minimum atomic E-state index is 0. The van der Waals surface area contributed by atoms with Crippen molar-refractivity contribution in [3.05, 3.63) is 0 Å². The molecule has 1 nitrogen and oxygen atoms in total. The van der Waals surface area contributed by atoms with Gasteiger partial charge in [0.1, 0.15) is 0 Å². The van der Waals surface area contributed by atoms with E-state index >= 15 is 0 Å². The molecule has 0 aromatic heterocycles. The Labute approximate surface area is 88.5 Å². The molecule has 2 N–H and O–H groups in total. The van der Waals surface area contributed by atoms with Gasteiger partial charge < -0.3 is 7.16 Å². The molecule has 1 atom stereocenters. The molecule has 0 heterocycles. The Morgan fingerprint density at radius 2 is 2.00 bits per heavy atom. The van der Waals surface area contributed by atoms with Crippen molar-refractivity contribution < 1.29 is 31.0 Å². The van der Waals surface area contributed by atoms with E-state index in [9.17, 15) is 0 Å². The van der Waals surface area contributed by atoms with Crippen LogP contribution in [0.1, 0.15) is 41.0 Å². The summed E-state index contributed by atoms with van der Waals surface area (Å²) in [5, 5.41) is 0. The standard InChI is InChI=1S/C8H19N.Na.H/c1-3-5-6-8(4-2)7-9;;/h8H,3-7,9H2,1-2H3;;/q;+1;-1. The quantitative estimate of drug-likeness (QED) is 0.518. The van der Waals surface area contributed by atoms with Crippen LogP contribution in [-0.4, -0.2) is 6.54 Å². The van der Waals surface area contributed by atoms with Crippen molar-refractivity contribution in [2.75, 3.05) is 6.54 Å². The second-order valence-electron chi connectivity index (χ2n) is 2.65. The van der Waals surface area contributed by atoms with E-state index in [-0.39, 0.29) is 31.0 Å². The molecule has 0 bridgehead atoms. The van der Waals surface area contributed by atoms with Crippen LogP contribution in [0.3, 0.4) is 0 Å². The smallest absolute Gasteiger partial charge is 1.00 e. The van der Waals surface area contributed by atoms with Crippen LogP contribution in [0.2, 0.25) is 0 Å².